The van der Waals surface area contributed by atoms with Crippen molar-refractivity contribution >= 4 is 35.7 Å². The highest BCUT2D eigenvalue weighted by atomic mass is 35.5. The van der Waals surface area contributed by atoms with Crippen LogP contribution < -0.4 is 11.1 Å². The van der Waals surface area contributed by atoms with Gasteiger partial charge in [0.25, 0.3) is 0 Å². The maximum absolute atomic E-state index is 5.65. The standard InChI is InChI=1S/C25H39N3.2ClH/c26-16-8-17-27-18-15-22(20-9-4-5-10-20)24-19-28(21-11-2-1-3-12-21)25-14-7-6-13-23(24)25;;/h6-7,13-14,19-22,27H,1-5,8-12,15-18,26H2;2*1H. The second-order valence-electron chi connectivity index (χ2n) is 9.13. The van der Waals surface area contributed by atoms with E-state index in [2.05, 4.69) is 40.3 Å². The third-order valence-corrected chi connectivity index (χ3v) is 7.30. The first kappa shape index (κ1) is 25.5. The molecule has 170 valence electrons. The van der Waals surface area contributed by atoms with Crippen LogP contribution in [0.3, 0.4) is 0 Å². The largest absolute Gasteiger partial charge is 0.344 e. The second kappa shape index (κ2) is 13.0. The molecule has 2 aromatic rings. The summed E-state index contributed by atoms with van der Waals surface area (Å²) in [4.78, 5) is 0. The molecule has 2 aliphatic rings. The highest BCUT2D eigenvalue weighted by Crippen LogP contribution is 2.43. The first-order valence-corrected chi connectivity index (χ1v) is 11.9. The molecule has 1 aromatic carbocycles. The lowest BCUT2D eigenvalue weighted by atomic mass is 9.82. The number of nitrogens with two attached hydrogens (primary N) is 1. The van der Waals surface area contributed by atoms with Crippen molar-refractivity contribution in [3.63, 3.8) is 0 Å². The summed E-state index contributed by atoms with van der Waals surface area (Å²) in [5.41, 5.74) is 8.76. The van der Waals surface area contributed by atoms with Crippen LogP contribution in [0.1, 0.15) is 88.2 Å². The molecule has 1 atom stereocenters. The van der Waals surface area contributed by atoms with Crippen LogP contribution in [0.2, 0.25) is 0 Å². The summed E-state index contributed by atoms with van der Waals surface area (Å²) in [5.74, 6) is 1.56. The molecule has 5 heteroatoms. The van der Waals surface area contributed by atoms with Crippen molar-refractivity contribution in [2.24, 2.45) is 11.7 Å². The van der Waals surface area contributed by atoms with Gasteiger partial charge in [0.1, 0.15) is 0 Å². The summed E-state index contributed by atoms with van der Waals surface area (Å²) in [6.07, 6.45) is 17.5. The summed E-state index contributed by atoms with van der Waals surface area (Å²) in [6.45, 7) is 2.95. The molecule has 3 nitrogen and oxygen atoms in total. The molecule has 30 heavy (non-hydrogen) atoms. The van der Waals surface area contributed by atoms with E-state index in [4.69, 9.17) is 5.73 Å². The van der Waals surface area contributed by atoms with E-state index in [0.29, 0.717) is 12.0 Å². The molecule has 1 aromatic heterocycles. The molecule has 0 radical (unpaired) electrons. The number of benzene rings is 1. The summed E-state index contributed by atoms with van der Waals surface area (Å²) >= 11 is 0. The minimum Gasteiger partial charge on any atom is -0.344 e. The molecule has 2 fully saturated rings. The van der Waals surface area contributed by atoms with Gasteiger partial charge in [0.05, 0.1) is 0 Å². The van der Waals surface area contributed by atoms with E-state index in [1.165, 1.54) is 75.1 Å². The Morgan fingerprint density at radius 3 is 2.37 bits per heavy atom. The van der Waals surface area contributed by atoms with Gasteiger partial charge in [-0.15, -0.1) is 24.8 Å². The fraction of sp³-hybridized carbons (Fsp3) is 0.680. The van der Waals surface area contributed by atoms with Crippen molar-refractivity contribution in [1.82, 2.24) is 9.88 Å². The van der Waals surface area contributed by atoms with E-state index in [0.717, 1.165) is 32.0 Å². The molecule has 2 aliphatic carbocycles. The average Bonchev–Trinajstić information content (AvgIpc) is 3.40. The topological polar surface area (TPSA) is 43.0 Å². The number of nitrogens with zero attached hydrogens (tertiary/aromatic N) is 1. The molecule has 2 saturated carbocycles. The number of aromatic nitrogens is 1. The quantitative estimate of drug-likeness (QED) is 0.420. The fourth-order valence-electron chi connectivity index (χ4n) is 5.80. The molecule has 3 N–H and O–H groups in total. The summed E-state index contributed by atoms with van der Waals surface area (Å²) in [7, 11) is 0. The van der Waals surface area contributed by atoms with Crippen LogP contribution in [0.25, 0.3) is 10.9 Å². The number of hydrogen-bond donors (Lipinski definition) is 2. The molecular formula is C25H41Cl2N3. The Morgan fingerprint density at radius 1 is 0.933 bits per heavy atom. The van der Waals surface area contributed by atoms with Crippen LogP contribution in [0.4, 0.5) is 0 Å². The Morgan fingerprint density at radius 2 is 1.63 bits per heavy atom. The predicted octanol–water partition coefficient (Wildman–Crippen LogP) is 6.59. The molecule has 0 amide bonds. The minimum atomic E-state index is 0. The van der Waals surface area contributed by atoms with Crippen LogP contribution in [-0.2, 0) is 0 Å². The molecule has 4 rings (SSSR count). The van der Waals surface area contributed by atoms with Gasteiger partial charge in [-0.2, -0.15) is 0 Å². The normalized spacial score (nSPS) is 18.8. The molecule has 0 bridgehead atoms. The SMILES string of the molecule is Cl.Cl.NCCCNCCC(c1cn(C2CCCCC2)c2ccccc12)C1CCCC1. The lowest BCUT2D eigenvalue weighted by Crippen LogP contribution is -2.23. The number of fused-ring (bicyclic) bond motifs is 1. The van der Waals surface area contributed by atoms with Crippen LogP contribution in [0.15, 0.2) is 30.5 Å². The second-order valence-corrected chi connectivity index (χ2v) is 9.13. The van der Waals surface area contributed by atoms with Crippen LogP contribution in [-0.4, -0.2) is 24.2 Å². The van der Waals surface area contributed by atoms with Crippen molar-refractivity contribution in [3.05, 3.63) is 36.0 Å². The van der Waals surface area contributed by atoms with Crippen molar-refractivity contribution in [1.29, 1.82) is 0 Å². The third-order valence-electron chi connectivity index (χ3n) is 7.30. The van der Waals surface area contributed by atoms with Gasteiger partial charge in [-0.05, 0) is 81.6 Å². The Hall–Kier alpha value is -0.740. The zero-order chi connectivity index (χ0) is 19.2. The summed E-state index contributed by atoms with van der Waals surface area (Å²) in [6, 6.07) is 9.92. The zero-order valence-electron chi connectivity index (χ0n) is 18.4. The van der Waals surface area contributed by atoms with Gasteiger partial charge >= 0.3 is 0 Å². The number of hydrogen-bond acceptors (Lipinski definition) is 2. The molecule has 0 spiro atoms. The molecule has 1 unspecified atom stereocenters. The third kappa shape index (κ3) is 5.94. The highest BCUT2D eigenvalue weighted by molar-refractivity contribution is 5.86. The van der Waals surface area contributed by atoms with Crippen molar-refractivity contribution in [2.75, 3.05) is 19.6 Å². The lowest BCUT2D eigenvalue weighted by Gasteiger charge is -2.25. The van der Waals surface area contributed by atoms with Gasteiger partial charge in [0, 0.05) is 23.1 Å². The number of rotatable bonds is 9. The maximum Gasteiger partial charge on any atom is 0.0485 e. The Balaban J connectivity index is 0.00000160. The number of nitrogens with one attached hydrogen (secondary N) is 1. The first-order chi connectivity index (χ1) is 13.9. The summed E-state index contributed by atoms with van der Waals surface area (Å²) in [5, 5.41) is 5.16. The average molecular weight is 455 g/mol. The van der Waals surface area contributed by atoms with Crippen molar-refractivity contribution in [3.8, 4) is 0 Å². The van der Waals surface area contributed by atoms with Crippen molar-refractivity contribution in [2.45, 2.75) is 82.6 Å². The Labute approximate surface area is 195 Å². The zero-order valence-corrected chi connectivity index (χ0v) is 20.0. The smallest absolute Gasteiger partial charge is 0.0485 e. The minimum absolute atomic E-state index is 0. The lowest BCUT2D eigenvalue weighted by molar-refractivity contribution is 0.358. The molecule has 0 saturated heterocycles. The molecule has 0 aliphatic heterocycles. The van der Waals surface area contributed by atoms with Gasteiger partial charge < -0.3 is 15.6 Å². The monoisotopic (exact) mass is 453 g/mol. The Bertz CT molecular complexity index is 733. The van der Waals surface area contributed by atoms with Crippen LogP contribution >= 0.6 is 24.8 Å². The van der Waals surface area contributed by atoms with E-state index >= 15 is 0 Å². The van der Waals surface area contributed by atoms with E-state index in [9.17, 15) is 0 Å². The van der Waals surface area contributed by atoms with Gasteiger partial charge in [-0.3, -0.25) is 0 Å². The van der Waals surface area contributed by atoms with Gasteiger partial charge in [0.2, 0.25) is 0 Å². The van der Waals surface area contributed by atoms with E-state index < -0.39 is 0 Å². The van der Waals surface area contributed by atoms with E-state index in [1.807, 2.05) is 0 Å². The van der Waals surface area contributed by atoms with Crippen molar-refractivity contribution < 1.29 is 0 Å². The predicted molar refractivity (Wildman–Crippen MR) is 134 cm³/mol. The molecular weight excluding hydrogens is 413 g/mol. The number of para-hydroxylation sites is 1. The van der Waals surface area contributed by atoms with Gasteiger partial charge in [-0.25, -0.2) is 0 Å². The van der Waals surface area contributed by atoms with E-state index in [-0.39, 0.29) is 24.8 Å². The number of halogens is 2. The molecule has 1 heterocycles. The summed E-state index contributed by atoms with van der Waals surface area (Å²) < 4.78 is 2.66. The first-order valence-electron chi connectivity index (χ1n) is 11.9. The maximum atomic E-state index is 5.65. The van der Waals surface area contributed by atoms with Gasteiger partial charge in [-0.1, -0.05) is 50.3 Å². The van der Waals surface area contributed by atoms with Crippen LogP contribution in [0.5, 0.6) is 0 Å². The van der Waals surface area contributed by atoms with Crippen LogP contribution in [0, 0.1) is 5.92 Å². The highest BCUT2D eigenvalue weighted by Gasteiger charge is 2.29. The Kier molecular flexibility index (Phi) is 11.0. The van der Waals surface area contributed by atoms with Gasteiger partial charge in [0.15, 0.2) is 0 Å². The van der Waals surface area contributed by atoms with E-state index in [1.54, 1.807) is 5.56 Å². The fourth-order valence-corrected chi connectivity index (χ4v) is 5.80.